The minimum Gasteiger partial charge on any atom is -0.323 e. The number of aromatic nitrogens is 4. The van der Waals surface area contributed by atoms with Crippen LogP contribution < -0.4 is 5.32 Å². The normalized spacial score (nSPS) is 13.7. The highest BCUT2D eigenvalue weighted by molar-refractivity contribution is 6.32. The second-order valence-electron chi connectivity index (χ2n) is 4.92. The summed E-state index contributed by atoms with van der Waals surface area (Å²) in [5.74, 6) is 0.694. The Hall–Kier alpha value is -2.47. The highest BCUT2D eigenvalue weighted by atomic mass is 35.5. The van der Waals surface area contributed by atoms with Gasteiger partial charge in [-0.3, -0.25) is 4.79 Å². The van der Waals surface area contributed by atoms with E-state index in [0.717, 1.165) is 16.8 Å². The van der Waals surface area contributed by atoms with Crippen molar-refractivity contribution >= 4 is 34.7 Å². The fourth-order valence-corrected chi connectivity index (χ4v) is 2.68. The molecule has 0 aliphatic heterocycles. The maximum absolute atomic E-state index is 11.5. The van der Waals surface area contributed by atoms with Crippen LogP contribution in [0.2, 0.25) is 5.15 Å². The van der Waals surface area contributed by atoms with Gasteiger partial charge in [-0.15, -0.1) is 5.10 Å². The third kappa shape index (κ3) is 2.13. The maximum Gasteiger partial charge on any atom is 0.247 e. The van der Waals surface area contributed by atoms with Crippen LogP contribution >= 0.6 is 11.6 Å². The first-order valence-corrected chi connectivity index (χ1v) is 6.84. The molecule has 2 aromatic heterocycles. The van der Waals surface area contributed by atoms with Crippen molar-refractivity contribution in [1.82, 2.24) is 19.6 Å². The number of carbonyl (C=O) groups is 1. The Morgan fingerprint density at radius 1 is 1.24 bits per heavy atom. The number of rotatable bonds is 2. The van der Waals surface area contributed by atoms with Gasteiger partial charge in [0.2, 0.25) is 5.95 Å². The first-order valence-electron chi connectivity index (χ1n) is 6.46. The van der Waals surface area contributed by atoms with Gasteiger partial charge >= 0.3 is 0 Å². The van der Waals surface area contributed by atoms with E-state index >= 15 is 0 Å². The number of carbonyl (C=O) groups excluding carboxylic acids is 1. The monoisotopic (exact) mass is 299 g/mol. The smallest absolute Gasteiger partial charge is 0.247 e. The molecule has 0 bridgehead atoms. The number of Topliss-reactive ketones (excluding diaryl/α,β-unsaturated/α-hetero) is 1. The number of nitrogens with one attached hydrogen (secondary N) is 1. The molecule has 7 heteroatoms. The molecule has 3 aromatic rings. The van der Waals surface area contributed by atoms with E-state index in [-0.39, 0.29) is 5.78 Å². The van der Waals surface area contributed by atoms with Crippen LogP contribution in [-0.4, -0.2) is 25.4 Å². The lowest BCUT2D eigenvalue weighted by Crippen LogP contribution is -1.95. The molecule has 0 unspecified atom stereocenters. The Morgan fingerprint density at radius 3 is 2.95 bits per heavy atom. The molecule has 0 amide bonds. The van der Waals surface area contributed by atoms with Crippen LogP contribution in [0.15, 0.2) is 30.6 Å². The SMILES string of the molecule is O=C1Cc2ccc(Nc3nc4c(Cl)nccn4n3)cc2C1. The minimum absolute atomic E-state index is 0.255. The van der Waals surface area contributed by atoms with Crippen LogP contribution in [0.3, 0.4) is 0 Å². The molecule has 104 valence electrons. The second-order valence-corrected chi connectivity index (χ2v) is 5.28. The van der Waals surface area contributed by atoms with Crippen LogP contribution in [0.5, 0.6) is 0 Å². The number of benzene rings is 1. The summed E-state index contributed by atoms with van der Waals surface area (Å²) < 4.78 is 1.56. The van der Waals surface area contributed by atoms with Crippen LogP contribution in [0.1, 0.15) is 11.1 Å². The summed E-state index contributed by atoms with van der Waals surface area (Å²) in [6.45, 7) is 0. The Morgan fingerprint density at radius 2 is 2.10 bits per heavy atom. The van der Waals surface area contributed by atoms with E-state index in [4.69, 9.17) is 11.6 Å². The number of hydrogen-bond acceptors (Lipinski definition) is 5. The van der Waals surface area contributed by atoms with Gasteiger partial charge in [-0.25, -0.2) is 9.50 Å². The second kappa shape index (κ2) is 4.53. The van der Waals surface area contributed by atoms with E-state index in [0.29, 0.717) is 29.6 Å². The molecular weight excluding hydrogens is 290 g/mol. The van der Waals surface area contributed by atoms with Gasteiger partial charge in [0.25, 0.3) is 0 Å². The van der Waals surface area contributed by atoms with Crippen molar-refractivity contribution < 1.29 is 4.79 Å². The lowest BCUT2D eigenvalue weighted by molar-refractivity contribution is -0.117. The average molecular weight is 300 g/mol. The first-order chi connectivity index (χ1) is 10.2. The molecular formula is C14H10ClN5O. The predicted octanol–water partition coefficient (Wildman–Crippen LogP) is 2.19. The number of fused-ring (bicyclic) bond motifs is 2. The molecule has 2 heterocycles. The van der Waals surface area contributed by atoms with E-state index < -0.39 is 0 Å². The van der Waals surface area contributed by atoms with Gasteiger partial charge in [0.05, 0.1) is 0 Å². The Labute approximate surface area is 124 Å². The Balaban J connectivity index is 1.67. The zero-order valence-corrected chi connectivity index (χ0v) is 11.6. The van der Waals surface area contributed by atoms with Crippen molar-refractivity contribution in [2.75, 3.05) is 5.32 Å². The van der Waals surface area contributed by atoms with E-state index in [9.17, 15) is 4.79 Å². The molecule has 0 spiro atoms. The van der Waals surface area contributed by atoms with Gasteiger partial charge in [0.15, 0.2) is 10.8 Å². The lowest BCUT2D eigenvalue weighted by Gasteiger charge is -2.04. The summed E-state index contributed by atoms with van der Waals surface area (Å²) in [4.78, 5) is 19.7. The zero-order chi connectivity index (χ0) is 14.4. The van der Waals surface area contributed by atoms with Gasteiger partial charge in [0.1, 0.15) is 5.78 Å². The van der Waals surface area contributed by atoms with Crippen molar-refractivity contribution in [2.24, 2.45) is 0 Å². The molecule has 21 heavy (non-hydrogen) atoms. The number of anilines is 2. The van der Waals surface area contributed by atoms with Gasteiger partial charge in [-0.05, 0) is 23.3 Å². The average Bonchev–Trinajstić information content (AvgIpc) is 3.01. The molecule has 4 rings (SSSR count). The molecule has 0 saturated carbocycles. The summed E-state index contributed by atoms with van der Waals surface area (Å²) in [5, 5.41) is 7.71. The van der Waals surface area contributed by atoms with Gasteiger partial charge in [-0.2, -0.15) is 4.98 Å². The summed E-state index contributed by atoms with van der Waals surface area (Å²) in [5.41, 5.74) is 3.51. The zero-order valence-electron chi connectivity index (χ0n) is 10.9. The largest absolute Gasteiger partial charge is 0.323 e. The fourth-order valence-electron chi connectivity index (χ4n) is 2.50. The molecule has 0 radical (unpaired) electrons. The Kier molecular flexibility index (Phi) is 2.65. The topological polar surface area (TPSA) is 72.2 Å². The highest BCUT2D eigenvalue weighted by Gasteiger charge is 2.18. The molecule has 1 N–H and O–H groups in total. The molecule has 0 saturated heterocycles. The highest BCUT2D eigenvalue weighted by Crippen LogP contribution is 2.25. The van der Waals surface area contributed by atoms with E-state index in [1.807, 2.05) is 18.2 Å². The first kappa shape index (κ1) is 12.3. The summed E-state index contributed by atoms with van der Waals surface area (Å²) in [7, 11) is 0. The van der Waals surface area contributed by atoms with Crippen LogP contribution in [0.25, 0.3) is 5.65 Å². The van der Waals surface area contributed by atoms with Crippen LogP contribution in [0.4, 0.5) is 11.6 Å². The molecule has 0 fully saturated rings. The molecule has 1 aromatic carbocycles. The lowest BCUT2D eigenvalue weighted by atomic mass is 10.1. The number of ketones is 1. The maximum atomic E-state index is 11.5. The van der Waals surface area contributed by atoms with Crippen molar-refractivity contribution in [2.45, 2.75) is 12.8 Å². The van der Waals surface area contributed by atoms with Gasteiger partial charge in [0, 0.05) is 30.9 Å². The van der Waals surface area contributed by atoms with Crippen LogP contribution in [-0.2, 0) is 17.6 Å². The van der Waals surface area contributed by atoms with Gasteiger partial charge < -0.3 is 5.32 Å². The molecule has 0 atom stereocenters. The quantitative estimate of drug-likeness (QED) is 0.785. The Bertz CT molecular complexity index is 873. The number of hydrogen-bond donors (Lipinski definition) is 1. The van der Waals surface area contributed by atoms with Crippen LogP contribution in [0, 0.1) is 0 Å². The summed E-state index contributed by atoms with van der Waals surface area (Å²) in [6.07, 6.45) is 4.28. The third-order valence-electron chi connectivity index (χ3n) is 3.45. The standard InChI is InChI=1S/C14H10ClN5O/c15-12-13-18-14(19-20(13)4-3-16-12)17-10-2-1-8-6-11(21)7-9(8)5-10/h1-5H,6-7H2,(H,17,19). The number of halogens is 1. The number of nitrogens with zero attached hydrogens (tertiary/aromatic N) is 4. The minimum atomic E-state index is 0.255. The molecule has 6 nitrogen and oxygen atoms in total. The van der Waals surface area contributed by atoms with E-state index in [1.165, 1.54) is 0 Å². The predicted molar refractivity (Wildman–Crippen MR) is 77.9 cm³/mol. The van der Waals surface area contributed by atoms with Crippen molar-refractivity contribution in [3.05, 3.63) is 46.9 Å². The van der Waals surface area contributed by atoms with Crippen molar-refractivity contribution in [3.8, 4) is 0 Å². The van der Waals surface area contributed by atoms with E-state index in [2.05, 4.69) is 20.4 Å². The van der Waals surface area contributed by atoms with Crippen molar-refractivity contribution in [3.63, 3.8) is 0 Å². The third-order valence-corrected chi connectivity index (χ3v) is 3.72. The van der Waals surface area contributed by atoms with Crippen molar-refractivity contribution in [1.29, 1.82) is 0 Å². The van der Waals surface area contributed by atoms with E-state index in [1.54, 1.807) is 16.9 Å². The molecule has 1 aliphatic rings. The molecule has 1 aliphatic carbocycles. The van der Waals surface area contributed by atoms with Gasteiger partial charge in [-0.1, -0.05) is 17.7 Å². The fraction of sp³-hybridized carbons (Fsp3) is 0.143. The summed E-state index contributed by atoms with van der Waals surface area (Å²) in [6, 6.07) is 5.85. The summed E-state index contributed by atoms with van der Waals surface area (Å²) >= 11 is 5.97.